The van der Waals surface area contributed by atoms with Gasteiger partial charge in [0.25, 0.3) is 5.91 Å². The molecule has 0 aliphatic carbocycles. The second-order valence-electron chi connectivity index (χ2n) is 7.24. The highest BCUT2D eigenvalue weighted by atomic mass is 16.5. The van der Waals surface area contributed by atoms with E-state index >= 15 is 0 Å². The molecule has 9 heteroatoms. The Morgan fingerprint density at radius 1 is 0.879 bits per heavy atom. The van der Waals surface area contributed by atoms with Crippen molar-refractivity contribution in [3.8, 4) is 28.9 Å². The molecule has 2 heterocycles. The second-order valence-corrected chi connectivity index (χ2v) is 7.24. The predicted molar refractivity (Wildman–Crippen MR) is 123 cm³/mol. The van der Waals surface area contributed by atoms with Gasteiger partial charge in [0.05, 0.1) is 19.9 Å². The van der Waals surface area contributed by atoms with Crippen molar-refractivity contribution in [2.45, 2.75) is 13.8 Å². The Morgan fingerprint density at radius 3 is 2.18 bits per heavy atom. The maximum Gasteiger partial charge on any atom is 0.255 e. The summed E-state index contributed by atoms with van der Waals surface area (Å²) in [6.45, 7) is 3.88. The van der Waals surface area contributed by atoms with Gasteiger partial charge in [-0.25, -0.2) is 14.6 Å². The molecule has 0 atom stereocenters. The van der Waals surface area contributed by atoms with Crippen LogP contribution in [0.4, 0.5) is 5.69 Å². The lowest BCUT2D eigenvalue weighted by atomic mass is 10.1. The van der Waals surface area contributed by atoms with E-state index in [9.17, 15) is 4.79 Å². The largest absolute Gasteiger partial charge is 0.497 e. The van der Waals surface area contributed by atoms with Gasteiger partial charge in [-0.2, -0.15) is 5.10 Å². The third kappa shape index (κ3) is 5.09. The highest BCUT2D eigenvalue weighted by Gasteiger charge is 2.11. The summed E-state index contributed by atoms with van der Waals surface area (Å²) in [6, 6.07) is 15.6. The third-order valence-electron chi connectivity index (χ3n) is 4.80. The molecular formula is C24H23N5O4. The molecule has 0 saturated carbocycles. The lowest BCUT2D eigenvalue weighted by Crippen LogP contribution is -2.12. The predicted octanol–water partition coefficient (Wildman–Crippen LogP) is 4.34. The molecule has 2 aromatic carbocycles. The monoisotopic (exact) mass is 445 g/mol. The summed E-state index contributed by atoms with van der Waals surface area (Å²) < 4.78 is 18.0. The molecule has 168 valence electrons. The molecule has 0 fully saturated rings. The van der Waals surface area contributed by atoms with Crippen molar-refractivity contribution in [3.05, 3.63) is 77.9 Å². The Balaban J connectivity index is 1.45. The van der Waals surface area contributed by atoms with E-state index in [0.29, 0.717) is 40.2 Å². The van der Waals surface area contributed by atoms with E-state index < -0.39 is 0 Å². The normalized spacial score (nSPS) is 10.5. The second kappa shape index (κ2) is 9.39. The summed E-state index contributed by atoms with van der Waals surface area (Å²) in [5.74, 6) is 2.34. The number of hydrogen-bond acceptors (Lipinski definition) is 7. The molecule has 0 saturated heterocycles. The minimum atomic E-state index is -0.286. The van der Waals surface area contributed by atoms with Crippen LogP contribution in [0.3, 0.4) is 0 Å². The van der Waals surface area contributed by atoms with E-state index in [1.165, 1.54) is 20.5 Å². The van der Waals surface area contributed by atoms with E-state index in [4.69, 9.17) is 14.2 Å². The van der Waals surface area contributed by atoms with Crippen LogP contribution in [0, 0.1) is 13.8 Å². The molecule has 0 aliphatic rings. The van der Waals surface area contributed by atoms with Crippen LogP contribution in [0.1, 0.15) is 21.7 Å². The van der Waals surface area contributed by atoms with E-state index in [2.05, 4.69) is 20.4 Å². The summed E-state index contributed by atoms with van der Waals surface area (Å²) >= 11 is 0. The fourth-order valence-electron chi connectivity index (χ4n) is 3.23. The molecule has 2 aromatic heterocycles. The van der Waals surface area contributed by atoms with E-state index in [-0.39, 0.29) is 5.91 Å². The van der Waals surface area contributed by atoms with Gasteiger partial charge >= 0.3 is 0 Å². The van der Waals surface area contributed by atoms with Crippen LogP contribution in [-0.4, -0.2) is 39.9 Å². The number of carbonyl (C=O) groups excluding carboxylic acids is 1. The molecule has 4 rings (SSSR count). The molecule has 4 aromatic rings. The van der Waals surface area contributed by atoms with Crippen LogP contribution in [0.5, 0.6) is 23.1 Å². The molecule has 0 spiro atoms. The van der Waals surface area contributed by atoms with Gasteiger partial charge < -0.3 is 19.5 Å². The smallest absolute Gasteiger partial charge is 0.255 e. The van der Waals surface area contributed by atoms with Gasteiger partial charge in [0.15, 0.2) is 5.82 Å². The molecule has 1 N–H and O–H groups in total. The SMILES string of the molecule is COc1cc(OC)cc(C(=O)Nc2ccc(Oc3cc(-n4nc(C)cc4C)ncn3)cc2)c1. The average molecular weight is 445 g/mol. The molecule has 0 aliphatic heterocycles. The number of hydrogen-bond donors (Lipinski definition) is 1. The van der Waals surface area contributed by atoms with Gasteiger partial charge in [-0.3, -0.25) is 4.79 Å². The maximum atomic E-state index is 12.6. The fraction of sp³-hybridized carbons (Fsp3) is 0.167. The van der Waals surface area contributed by atoms with Crippen molar-refractivity contribution in [3.63, 3.8) is 0 Å². The van der Waals surface area contributed by atoms with Crippen molar-refractivity contribution < 1.29 is 19.0 Å². The number of carbonyl (C=O) groups is 1. The highest BCUT2D eigenvalue weighted by molar-refractivity contribution is 6.04. The van der Waals surface area contributed by atoms with Crippen molar-refractivity contribution in [1.82, 2.24) is 19.7 Å². The number of nitrogens with one attached hydrogen (secondary N) is 1. The van der Waals surface area contributed by atoms with Crippen molar-refractivity contribution in [2.75, 3.05) is 19.5 Å². The molecule has 0 unspecified atom stereocenters. The number of nitrogens with zero attached hydrogens (tertiary/aromatic N) is 4. The fourth-order valence-corrected chi connectivity index (χ4v) is 3.23. The first-order chi connectivity index (χ1) is 15.9. The number of aromatic nitrogens is 4. The first kappa shape index (κ1) is 21.8. The number of methoxy groups -OCH3 is 2. The van der Waals surface area contributed by atoms with Crippen LogP contribution in [0.25, 0.3) is 5.82 Å². The first-order valence-corrected chi connectivity index (χ1v) is 10.1. The van der Waals surface area contributed by atoms with Crippen molar-refractivity contribution in [2.24, 2.45) is 0 Å². The Hall–Kier alpha value is -4.40. The zero-order valence-corrected chi connectivity index (χ0v) is 18.7. The molecule has 0 bridgehead atoms. The molecule has 33 heavy (non-hydrogen) atoms. The van der Waals surface area contributed by atoms with E-state index in [1.807, 2.05) is 19.9 Å². The summed E-state index contributed by atoms with van der Waals surface area (Å²) in [5, 5.41) is 7.28. The van der Waals surface area contributed by atoms with Crippen molar-refractivity contribution in [1.29, 1.82) is 0 Å². The number of benzene rings is 2. The van der Waals surface area contributed by atoms with Gasteiger partial charge in [0.2, 0.25) is 5.88 Å². The van der Waals surface area contributed by atoms with Gasteiger partial charge in [-0.05, 0) is 56.3 Å². The number of anilines is 1. The summed E-state index contributed by atoms with van der Waals surface area (Å²) in [7, 11) is 3.07. The summed E-state index contributed by atoms with van der Waals surface area (Å²) in [6.07, 6.45) is 1.43. The summed E-state index contributed by atoms with van der Waals surface area (Å²) in [5.41, 5.74) is 2.90. The molecule has 1 amide bonds. The average Bonchev–Trinajstić information content (AvgIpc) is 3.17. The van der Waals surface area contributed by atoms with E-state index in [0.717, 1.165) is 11.4 Å². The molecule has 0 radical (unpaired) electrons. The van der Waals surface area contributed by atoms with Crippen LogP contribution in [0.15, 0.2) is 60.9 Å². The maximum absolute atomic E-state index is 12.6. The standard InChI is InChI=1S/C24H23N5O4/c1-15-9-16(2)29(28-15)22-13-23(26-14-25-22)33-19-7-5-18(6-8-19)27-24(30)17-10-20(31-3)12-21(11-17)32-4/h5-14H,1-4H3,(H,27,30). The van der Waals surface area contributed by atoms with Crippen LogP contribution in [0.2, 0.25) is 0 Å². The quantitative estimate of drug-likeness (QED) is 0.452. The number of rotatable bonds is 7. The highest BCUT2D eigenvalue weighted by Crippen LogP contribution is 2.25. The summed E-state index contributed by atoms with van der Waals surface area (Å²) in [4.78, 5) is 21.1. The molecule has 9 nitrogen and oxygen atoms in total. The van der Waals surface area contributed by atoms with Crippen molar-refractivity contribution >= 4 is 11.6 Å². The Bertz CT molecular complexity index is 1260. The zero-order valence-electron chi connectivity index (χ0n) is 18.7. The zero-order chi connectivity index (χ0) is 23.4. The van der Waals surface area contributed by atoms with Crippen LogP contribution in [-0.2, 0) is 0 Å². The van der Waals surface area contributed by atoms with Gasteiger partial charge in [-0.15, -0.1) is 0 Å². The van der Waals surface area contributed by atoms with Gasteiger partial charge in [0, 0.05) is 29.1 Å². The number of amides is 1. The minimum Gasteiger partial charge on any atom is -0.497 e. The lowest BCUT2D eigenvalue weighted by Gasteiger charge is -2.10. The van der Waals surface area contributed by atoms with Crippen LogP contribution >= 0.6 is 0 Å². The van der Waals surface area contributed by atoms with Crippen LogP contribution < -0.4 is 19.5 Å². The Kier molecular flexibility index (Phi) is 6.21. The number of ether oxygens (including phenoxy) is 3. The van der Waals surface area contributed by atoms with Gasteiger partial charge in [0.1, 0.15) is 23.6 Å². The third-order valence-corrected chi connectivity index (χ3v) is 4.80. The van der Waals surface area contributed by atoms with Gasteiger partial charge in [-0.1, -0.05) is 0 Å². The Morgan fingerprint density at radius 2 is 1.58 bits per heavy atom. The molecular weight excluding hydrogens is 422 g/mol. The van der Waals surface area contributed by atoms with E-state index in [1.54, 1.807) is 53.2 Å². The number of aryl methyl sites for hydroxylation is 2. The minimum absolute atomic E-state index is 0.286. The lowest BCUT2D eigenvalue weighted by molar-refractivity contribution is 0.102. The topological polar surface area (TPSA) is 100 Å². The Labute approximate surface area is 191 Å². The first-order valence-electron chi connectivity index (χ1n) is 10.1.